The molecule has 7 heteroatoms. The maximum atomic E-state index is 8.49. The molecule has 0 aliphatic carbocycles. The second-order valence-electron chi connectivity index (χ2n) is 2.34. The number of aryl methyl sites for hydroxylation is 1. The van der Waals surface area contributed by atoms with Crippen molar-refractivity contribution in [3.63, 3.8) is 0 Å². The van der Waals surface area contributed by atoms with Crippen LogP contribution in [0.5, 0.6) is 0 Å². The molecule has 80 valence electrons. The minimum atomic E-state index is -4.94. The van der Waals surface area contributed by atoms with Crippen molar-refractivity contribution in [1.82, 2.24) is 0 Å². The molecule has 1 aromatic heterocycles. The van der Waals surface area contributed by atoms with Crippen molar-refractivity contribution in [3.05, 3.63) is 30.1 Å². The number of hydrogen-bond donors (Lipinski definition) is 1. The van der Waals surface area contributed by atoms with Crippen molar-refractivity contribution in [1.29, 1.82) is 0 Å². The highest BCUT2D eigenvalue weighted by molar-refractivity contribution is 7.79. The van der Waals surface area contributed by atoms with Gasteiger partial charge in [-0.3, -0.25) is 0 Å². The zero-order chi connectivity index (χ0) is 11.2. The van der Waals surface area contributed by atoms with Crippen LogP contribution in [0.25, 0.3) is 0 Å². The summed E-state index contributed by atoms with van der Waals surface area (Å²) in [5.41, 5.74) is 1.24. The fourth-order valence-electron chi connectivity index (χ4n) is 0.723. The van der Waals surface area contributed by atoms with Crippen LogP contribution >= 0.6 is 12.6 Å². The minimum Gasteiger partial charge on any atom is -0.222 e. The Morgan fingerprint density at radius 1 is 1.29 bits per heavy atom. The Hall–Kier alpha value is -0.370. The Bertz CT molecular complexity index is 273. The Morgan fingerprint density at radius 2 is 1.79 bits per heavy atom. The monoisotopic (exact) mass is 239 g/mol. The third kappa shape index (κ3) is 8.24. The van der Waals surface area contributed by atoms with E-state index in [0.717, 1.165) is 5.75 Å². The fraction of sp³-hybridized carbons (Fsp3) is 0.286. The van der Waals surface area contributed by atoms with Gasteiger partial charge in [0, 0.05) is 12.1 Å². The largest absolute Gasteiger partial charge is 0.222 e. The summed E-state index contributed by atoms with van der Waals surface area (Å²) in [6.07, 6.45) is 2.02. The Morgan fingerprint density at radius 3 is 2.07 bits per heavy atom. The van der Waals surface area contributed by atoms with Crippen molar-refractivity contribution in [3.8, 4) is 0 Å². The first kappa shape index (κ1) is 13.6. The second kappa shape index (κ2) is 6.18. The second-order valence-corrected chi connectivity index (χ2v) is 3.41. The average molecular weight is 240 g/mol. The molecule has 0 saturated heterocycles. The highest BCUT2D eigenvalue weighted by atomic mass is 35.7. The van der Waals surface area contributed by atoms with Crippen LogP contribution < -0.4 is 23.2 Å². The number of hydrogen-bond acceptors (Lipinski definition) is 5. The molecular formula is C7H10ClNO4S. The van der Waals surface area contributed by atoms with Gasteiger partial charge in [0.05, 0.1) is 5.75 Å². The van der Waals surface area contributed by atoms with Gasteiger partial charge in [-0.25, -0.2) is 23.2 Å². The van der Waals surface area contributed by atoms with Crippen LogP contribution in [0, 0.1) is 10.2 Å². The molecule has 0 spiro atoms. The summed E-state index contributed by atoms with van der Waals surface area (Å²) in [4.78, 5) is 0. The van der Waals surface area contributed by atoms with Crippen LogP contribution in [0.4, 0.5) is 0 Å². The SMILES string of the molecule is C[n+]1ccccc1CS.[O-][Cl+3]([O-])([O-])[O-]. The standard InChI is InChI=1S/C7H9NS.ClHO4/c1-8-5-3-2-4-7(8)6-9;2-1(3,4)5/h2-5H,6H2,1H3;(H,2,3,4,5). The molecule has 1 aromatic rings. The summed E-state index contributed by atoms with van der Waals surface area (Å²) in [6, 6.07) is 6.09. The summed E-state index contributed by atoms with van der Waals surface area (Å²) in [5.74, 6) is 0.803. The summed E-state index contributed by atoms with van der Waals surface area (Å²) < 4.78 is 36.0. The maximum absolute atomic E-state index is 8.49. The zero-order valence-corrected chi connectivity index (χ0v) is 9.07. The van der Waals surface area contributed by atoms with Gasteiger partial charge in [0.1, 0.15) is 7.05 Å². The number of pyridine rings is 1. The molecule has 0 aliphatic heterocycles. The van der Waals surface area contributed by atoms with Gasteiger partial charge >= 0.3 is 0 Å². The van der Waals surface area contributed by atoms with Crippen LogP contribution in [0.3, 0.4) is 0 Å². The van der Waals surface area contributed by atoms with E-state index in [4.69, 9.17) is 18.6 Å². The molecule has 0 amide bonds. The number of halogens is 1. The van der Waals surface area contributed by atoms with Gasteiger partial charge in [-0.05, 0) is 0 Å². The zero-order valence-electron chi connectivity index (χ0n) is 7.42. The lowest BCUT2D eigenvalue weighted by atomic mass is 10.4. The summed E-state index contributed by atoms with van der Waals surface area (Å²) in [5, 5.41) is 0. The topological polar surface area (TPSA) is 96.1 Å². The number of thiol groups is 1. The molecule has 0 saturated carbocycles. The quantitative estimate of drug-likeness (QED) is 0.401. The summed E-state index contributed by atoms with van der Waals surface area (Å²) in [6.45, 7) is 0. The average Bonchev–Trinajstić information content (AvgIpc) is 2.02. The van der Waals surface area contributed by atoms with Crippen molar-refractivity contribution < 1.29 is 33.4 Å². The van der Waals surface area contributed by atoms with Crippen molar-refractivity contribution >= 4 is 12.6 Å². The van der Waals surface area contributed by atoms with Gasteiger partial charge in [-0.15, -0.1) is 10.2 Å². The lowest BCUT2D eigenvalue weighted by molar-refractivity contribution is -2.00. The predicted molar refractivity (Wildman–Crippen MR) is 40.3 cm³/mol. The van der Waals surface area contributed by atoms with Gasteiger partial charge in [-0.1, -0.05) is 6.07 Å². The van der Waals surface area contributed by atoms with Crippen LogP contribution in [0.1, 0.15) is 5.69 Å². The third-order valence-corrected chi connectivity index (χ3v) is 1.65. The smallest absolute Gasteiger partial charge is 0.190 e. The Labute approximate surface area is 89.4 Å². The fourth-order valence-corrected chi connectivity index (χ4v) is 1.05. The van der Waals surface area contributed by atoms with Crippen molar-refractivity contribution in [2.24, 2.45) is 7.05 Å². The van der Waals surface area contributed by atoms with Gasteiger partial charge in [-0.2, -0.15) is 12.6 Å². The summed E-state index contributed by atoms with van der Waals surface area (Å²) >= 11 is 4.16. The highest BCUT2D eigenvalue weighted by Crippen LogP contribution is 1.93. The van der Waals surface area contributed by atoms with E-state index >= 15 is 0 Å². The molecule has 0 radical (unpaired) electrons. The number of nitrogens with zero attached hydrogens (tertiary/aromatic N) is 1. The first-order chi connectivity index (χ1) is 6.34. The molecule has 14 heavy (non-hydrogen) atoms. The van der Waals surface area contributed by atoms with E-state index in [1.807, 2.05) is 25.4 Å². The molecule has 0 bridgehead atoms. The van der Waals surface area contributed by atoms with E-state index in [1.54, 1.807) is 0 Å². The van der Waals surface area contributed by atoms with Gasteiger partial charge in [0.25, 0.3) is 0 Å². The maximum Gasteiger partial charge on any atom is 0.190 e. The minimum absolute atomic E-state index is 0.803. The van der Waals surface area contributed by atoms with E-state index in [9.17, 15) is 0 Å². The molecule has 0 aliphatic rings. The molecule has 1 heterocycles. The van der Waals surface area contributed by atoms with Gasteiger partial charge < -0.3 is 0 Å². The molecular weight excluding hydrogens is 230 g/mol. The van der Waals surface area contributed by atoms with Crippen LogP contribution in [0.15, 0.2) is 24.4 Å². The molecule has 0 fully saturated rings. The van der Waals surface area contributed by atoms with Gasteiger partial charge in [0.2, 0.25) is 0 Å². The Kier molecular flexibility index (Phi) is 6.01. The lowest BCUT2D eigenvalue weighted by Crippen LogP contribution is -2.68. The first-order valence-electron chi connectivity index (χ1n) is 3.50. The van der Waals surface area contributed by atoms with E-state index in [1.165, 1.54) is 5.69 Å². The van der Waals surface area contributed by atoms with E-state index < -0.39 is 10.2 Å². The van der Waals surface area contributed by atoms with Crippen molar-refractivity contribution in [2.45, 2.75) is 5.75 Å². The molecule has 0 aromatic carbocycles. The Balaban J connectivity index is 0.000000292. The molecule has 5 nitrogen and oxygen atoms in total. The highest BCUT2D eigenvalue weighted by Gasteiger charge is 1.98. The summed E-state index contributed by atoms with van der Waals surface area (Å²) in [7, 11) is -2.93. The van der Waals surface area contributed by atoms with Crippen LogP contribution in [0.2, 0.25) is 0 Å². The normalized spacial score (nSPS) is 10.4. The molecule has 0 N–H and O–H groups in total. The van der Waals surface area contributed by atoms with Crippen LogP contribution in [-0.2, 0) is 12.8 Å². The van der Waals surface area contributed by atoms with Gasteiger partial charge in [0.15, 0.2) is 11.9 Å². The predicted octanol–water partition coefficient (Wildman–Crippen LogP) is -3.82. The van der Waals surface area contributed by atoms with Crippen LogP contribution in [-0.4, -0.2) is 0 Å². The van der Waals surface area contributed by atoms with Crippen molar-refractivity contribution in [2.75, 3.05) is 0 Å². The third-order valence-electron chi connectivity index (χ3n) is 1.32. The van der Waals surface area contributed by atoms with E-state index in [-0.39, 0.29) is 0 Å². The first-order valence-corrected chi connectivity index (χ1v) is 5.37. The van der Waals surface area contributed by atoms with E-state index in [0.29, 0.717) is 0 Å². The number of aromatic nitrogens is 1. The number of rotatable bonds is 1. The van der Waals surface area contributed by atoms with E-state index in [2.05, 4.69) is 23.3 Å². The molecule has 0 atom stereocenters. The lowest BCUT2D eigenvalue weighted by Gasteiger charge is -2.17. The molecule has 0 unspecified atom stereocenters. The molecule has 1 rings (SSSR count).